The molecule has 0 saturated heterocycles. The van der Waals surface area contributed by atoms with Crippen molar-refractivity contribution in [1.29, 1.82) is 0 Å². The van der Waals surface area contributed by atoms with E-state index in [4.69, 9.17) is 11.6 Å². The predicted octanol–water partition coefficient (Wildman–Crippen LogP) is 3.12. The van der Waals surface area contributed by atoms with Gasteiger partial charge in [-0.1, -0.05) is 41.9 Å². The quantitative estimate of drug-likeness (QED) is 0.877. The molecule has 1 aliphatic carbocycles. The van der Waals surface area contributed by atoms with Gasteiger partial charge < -0.3 is 10.6 Å². The summed E-state index contributed by atoms with van der Waals surface area (Å²) in [7, 11) is 1.60. The van der Waals surface area contributed by atoms with Crippen LogP contribution in [0, 0.1) is 5.92 Å². The largest absolute Gasteiger partial charge is 0.355 e. The molecule has 2 aromatic rings. The molecule has 1 saturated carbocycles. The molecular weight excluding hydrogens is 324 g/mol. The fourth-order valence-corrected chi connectivity index (χ4v) is 3.12. The number of halogens is 1. The molecule has 5 heteroatoms. The Morgan fingerprint density at radius 2 is 1.83 bits per heavy atom. The first-order valence-corrected chi connectivity index (χ1v) is 8.31. The summed E-state index contributed by atoms with van der Waals surface area (Å²) in [4.78, 5) is 23.8. The summed E-state index contributed by atoms with van der Waals surface area (Å²) in [6, 6.07) is 14.9. The van der Waals surface area contributed by atoms with E-state index in [-0.39, 0.29) is 23.7 Å². The summed E-state index contributed by atoms with van der Waals surface area (Å²) in [5.41, 5.74) is 2.62. The van der Waals surface area contributed by atoms with E-state index >= 15 is 0 Å². The molecule has 4 nitrogen and oxygen atoms in total. The highest BCUT2D eigenvalue weighted by Crippen LogP contribution is 2.49. The van der Waals surface area contributed by atoms with Crippen LogP contribution < -0.4 is 10.6 Å². The standard InChI is InChI=1S/C19H19ClN2O2/c1-21-18(23)13-8-6-12(7-9-13)11-22-19(24)16-10-15(16)14-4-2-3-5-17(14)20/h2-9,15-16H,10-11H2,1H3,(H,21,23)(H,22,24). The molecule has 2 amide bonds. The van der Waals surface area contributed by atoms with Gasteiger partial charge in [0.2, 0.25) is 5.91 Å². The topological polar surface area (TPSA) is 58.2 Å². The van der Waals surface area contributed by atoms with Gasteiger partial charge in [-0.05, 0) is 41.7 Å². The number of carbonyl (C=O) groups is 2. The maximum atomic E-state index is 12.3. The van der Waals surface area contributed by atoms with Gasteiger partial charge in [0.1, 0.15) is 0 Å². The second kappa shape index (κ2) is 7.05. The van der Waals surface area contributed by atoms with Crippen LogP contribution in [-0.2, 0) is 11.3 Å². The Bertz CT molecular complexity index is 758. The second-order valence-electron chi connectivity index (χ2n) is 5.96. The van der Waals surface area contributed by atoms with Crippen molar-refractivity contribution in [2.24, 2.45) is 5.92 Å². The summed E-state index contributed by atoms with van der Waals surface area (Å²) in [6.07, 6.45) is 0.838. The molecule has 3 rings (SSSR count). The van der Waals surface area contributed by atoms with Crippen LogP contribution in [0.15, 0.2) is 48.5 Å². The van der Waals surface area contributed by atoms with Crippen LogP contribution in [0.4, 0.5) is 0 Å². The highest BCUT2D eigenvalue weighted by Gasteiger charge is 2.44. The minimum Gasteiger partial charge on any atom is -0.355 e. The van der Waals surface area contributed by atoms with Gasteiger partial charge in [0, 0.05) is 30.1 Å². The number of amides is 2. The minimum atomic E-state index is -0.119. The third-order valence-electron chi connectivity index (χ3n) is 4.34. The second-order valence-corrected chi connectivity index (χ2v) is 6.37. The lowest BCUT2D eigenvalue weighted by molar-refractivity contribution is -0.122. The van der Waals surface area contributed by atoms with Gasteiger partial charge in [-0.25, -0.2) is 0 Å². The van der Waals surface area contributed by atoms with E-state index in [1.165, 1.54) is 0 Å². The molecule has 124 valence electrons. The normalized spacial score (nSPS) is 18.8. The Labute approximate surface area is 146 Å². The van der Waals surface area contributed by atoms with Crippen molar-refractivity contribution in [2.75, 3.05) is 7.05 Å². The minimum absolute atomic E-state index is 0.00459. The molecule has 2 unspecified atom stereocenters. The van der Waals surface area contributed by atoms with Gasteiger partial charge in [0.25, 0.3) is 5.91 Å². The number of hydrogen-bond donors (Lipinski definition) is 2. The monoisotopic (exact) mass is 342 g/mol. The van der Waals surface area contributed by atoms with Crippen molar-refractivity contribution in [1.82, 2.24) is 10.6 Å². The van der Waals surface area contributed by atoms with Gasteiger partial charge in [-0.3, -0.25) is 9.59 Å². The molecule has 24 heavy (non-hydrogen) atoms. The van der Waals surface area contributed by atoms with E-state index in [9.17, 15) is 9.59 Å². The number of benzene rings is 2. The van der Waals surface area contributed by atoms with Crippen LogP contribution in [0.2, 0.25) is 5.02 Å². The Morgan fingerprint density at radius 3 is 2.50 bits per heavy atom. The molecule has 2 atom stereocenters. The molecular formula is C19H19ClN2O2. The summed E-state index contributed by atoms with van der Waals surface area (Å²) >= 11 is 6.19. The fourth-order valence-electron chi connectivity index (χ4n) is 2.84. The number of rotatable bonds is 5. The average molecular weight is 343 g/mol. The van der Waals surface area contributed by atoms with Crippen molar-refractivity contribution >= 4 is 23.4 Å². The Hall–Kier alpha value is -2.33. The maximum absolute atomic E-state index is 12.3. The first-order valence-electron chi connectivity index (χ1n) is 7.93. The van der Waals surface area contributed by atoms with E-state index in [2.05, 4.69) is 10.6 Å². The van der Waals surface area contributed by atoms with Crippen LogP contribution in [0.3, 0.4) is 0 Å². The van der Waals surface area contributed by atoms with Gasteiger partial charge >= 0.3 is 0 Å². The molecule has 2 aromatic carbocycles. The molecule has 0 heterocycles. The highest BCUT2D eigenvalue weighted by molar-refractivity contribution is 6.31. The van der Waals surface area contributed by atoms with Crippen LogP contribution >= 0.6 is 11.6 Å². The zero-order chi connectivity index (χ0) is 17.1. The average Bonchev–Trinajstić information content (AvgIpc) is 3.40. The molecule has 0 aromatic heterocycles. The summed E-state index contributed by atoms with van der Waals surface area (Å²) < 4.78 is 0. The van der Waals surface area contributed by atoms with Crippen LogP contribution in [0.5, 0.6) is 0 Å². The molecule has 0 aliphatic heterocycles. The van der Waals surface area contributed by atoms with Crippen LogP contribution in [0.25, 0.3) is 0 Å². The Kier molecular flexibility index (Phi) is 4.86. The molecule has 0 bridgehead atoms. The van der Waals surface area contributed by atoms with Crippen molar-refractivity contribution in [3.63, 3.8) is 0 Å². The molecule has 1 aliphatic rings. The third kappa shape index (κ3) is 3.60. The maximum Gasteiger partial charge on any atom is 0.251 e. The Balaban J connectivity index is 1.54. The zero-order valence-electron chi connectivity index (χ0n) is 13.4. The smallest absolute Gasteiger partial charge is 0.251 e. The SMILES string of the molecule is CNC(=O)c1ccc(CNC(=O)C2CC2c2ccccc2Cl)cc1. The van der Waals surface area contributed by atoms with Crippen molar-refractivity contribution in [2.45, 2.75) is 18.9 Å². The van der Waals surface area contributed by atoms with Gasteiger partial charge in [-0.15, -0.1) is 0 Å². The number of nitrogens with one attached hydrogen (secondary N) is 2. The van der Waals surface area contributed by atoms with Crippen molar-refractivity contribution in [3.05, 3.63) is 70.2 Å². The van der Waals surface area contributed by atoms with Gasteiger partial charge in [0.05, 0.1) is 0 Å². The lowest BCUT2D eigenvalue weighted by Gasteiger charge is -2.07. The van der Waals surface area contributed by atoms with E-state index in [0.29, 0.717) is 12.1 Å². The lowest BCUT2D eigenvalue weighted by Crippen LogP contribution is -2.25. The molecule has 0 spiro atoms. The van der Waals surface area contributed by atoms with Crippen LogP contribution in [0.1, 0.15) is 33.8 Å². The summed E-state index contributed by atoms with van der Waals surface area (Å²) in [5, 5.41) is 6.26. The van der Waals surface area contributed by atoms with E-state index in [1.54, 1.807) is 19.2 Å². The molecule has 0 radical (unpaired) electrons. The first kappa shape index (κ1) is 16.5. The van der Waals surface area contributed by atoms with Crippen molar-refractivity contribution in [3.8, 4) is 0 Å². The van der Waals surface area contributed by atoms with Crippen molar-refractivity contribution < 1.29 is 9.59 Å². The van der Waals surface area contributed by atoms with E-state index < -0.39 is 0 Å². The highest BCUT2D eigenvalue weighted by atomic mass is 35.5. The summed E-state index contributed by atoms with van der Waals surface area (Å²) in [5.74, 6) is 0.144. The third-order valence-corrected chi connectivity index (χ3v) is 4.69. The number of carbonyl (C=O) groups excluding carboxylic acids is 2. The predicted molar refractivity (Wildman–Crippen MR) is 94.0 cm³/mol. The first-order chi connectivity index (χ1) is 11.6. The molecule has 2 N–H and O–H groups in total. The Morgan fingerprint density at radius 1 is 1.12 bits per heavy atom. The zero-order valence-corrected chi connectivity index (χ0v) is 14.1. The van der Waals surface area contributed by atoms with E-state index in [0.717, 1.165) is 22.6 Å². The van der Waals surface area contributed by atoms with Gasteiger partial charge in [-0.2, -0.15) is 0 Å². The lowest BCUT2D eigenvalue weighted by atomic mass is 10.1. The van der Waals surface area contributed by atoms with Gasteiger partial charge in [0.15, 0.2) is 0 Å². The fraction of sp³-hybridized carbons (Fsp3) is 0.263. The molecule has 1 fully saturated rings. The van der Waals surface area contributed by atoms with Crippen LogP contribution in [-0.4, -0.2) is 18.9 Å². The van der Waals surface area contributed by atoms with E-state index in [1.807, 2.05) is 36.4 Å². The number of hydrogen-bond acceptors (Lipinski definition) is 2. The summed E-state index contributed by atoms with van der Waals surface area (Å²) in [6.45, 7) is 0.457.